The number of hydrogen-bond donors (Lipinski definition) is 1. The lowest BCUT2D eigenvalue weighted by molar-refractivity contribution is -0.137. The molecule has 5 rings (SSSR count). The van der Waals surface area contributed by atoms with E-state index < -0.39 is 23.6 Å². The first kappa shape index (κ1) is 22.5. The summed E-state index contributed by atoms with van der Waals surface area (Å²) < 4.78 is 50.5. The minimum absolute atomic E-state index is 0.150. The molecule has 0 saturated carbocycles. The molecule has 2 aliphatic heterocycles. The van der Waals surface area contributed by atoms with Gasteiger partial charge in [0.05, 0.1) is 36.6 Å². The molecule has 1 aromatic heterocycles. The van der Waals surface area contributed by atoms with Crippen LogP contribution in [-0.4, -0.2) is 60.2 Å². The van der Waals surface area contributed by atoms with Gasteiger partial charge in [0, 0.05) is 36.8 Å². The molecule has 2 aromatic carbocycles. The Bertz CT molecular complexity index is 1210. The van der Waals surface area contributed by atoms with Gasteiger partial charge in [0.1, 0.15) is 18.0 Å². The van der Waals surface area contributed by atoms with E-state index in [1.165, 1.54) is 12.4 Å². The molecule has 1 N–H and O–H groups in total. The number of benzene rings is 2. The number of ether oxygens (including phenoxy) is 2. The zero-order valence-electron chi connectivity index (χ0n) is 18.3. The highest BCUT2D eigenvalue weighted by atomic mass is 19.4. The van der Waals surface area contributed by atoms with Crippen LogP contribution < -0.4 is 10.1 Å². The Kier molecular flexibility index (Phi) is 6.09. The van der Waals surface area contributed by atoms with Crippen molar-refractivity contribution in [3.8, 4) is 5.75 Å². The number of carbonyl (C=O) groups is 1. The minimum atomic E-state index is -4.49. The molecule has 1 unspecified atom stereocenters. The van der Waals surface area contributed by atoms with E-state index in [4.69, 9.17) is 9.47 Å². The third kappa shape index (κ3) is 4.55. The number of nitrogens with zero attached hydrogens (tertiary/aromatic N) is 3. The second-order valence-corrected chi connectivity index (χ2v) is 8.32. The second kappa shape index (κ2) is 9.19. The van der Waals surface area contributed by atoms with Crippen LogP contribution in [0.3, 0.4) is 0 Å². The molecule has 3 aromatic rings. The van der Waals surface area contributed by atoms with E-state index in [0.717, 1.165) is 51.4 Å². The lowest BCUT2D eigenvalue weighted by Crippen LogP contribution is -2.37. The predicted molar refractivity (Wildman–Crippen MR) is 119 cm³/mol. The molecule has 10 heteroatoms. The number of morpholine rings is 1. The van der Waals surface area contributed by atoms with Crippen LogP contribution in [0.15, 0.2) is 42.7 Å². The molecule has 0 bridgehead atoms. The Morgan fingerprint density at radius 2 is 1.94 bits per heavy atom. The van der Waals surface area contributed by atoms with E-state index in [2.05, 4.69) is 20.2 Å². The number of alkyl halides is 3. The SMILES string of the molecule is O=C1Nc2cc(C(F)(F)F)ccc2C1c1ncnc2cc(OCCCN3CCOCC3)ccc12. The number of halogens is 3. The first-order valence-corrected chi connectivity index (χ1v) is 11.1. The Morgan fingerprint density at radius 3 is 2.74 bits per heavy atom. The summed E-state index contributed by atoms with van der Waals surface area (Å²) in [6.45, 7) is 4.90. The maximum absolute atomic E-state index is 13.1. The van der Waals surface area contributed by atoms with Crippen molar-refractivity contribution in [2.75, 3.05) is 44.8 Å². The van der Waals surface area contributed by atoms with Crippen molar-refractivity contribution in [2.24, 2.45) is 0 Å². The topological polar surface area (TPSA) is 76.6 Å². The van der Waals surface area contributed by atoms with Gasteiger partial charge >= 0.3 is 6.18 Å². The van der Waals surface area contributed by atoms with Crippen LogP contribution in [0, 0.1) is 0 Å². The fourth-order valence-corrected chi connectivity index (χ4v) is 4.39. The van der Waals surface area contributed by atoms with E-state index in [-0.39, 0.29) is 5.69 Å². The van der Waals surface area contributed by atoms with Crippen molar-refractivity contribution < 1.29 is 27.4 Å². The number of aromatic nitrogens is 2. The van der Waals surface area contributed by atoms with Gasteiger partial charge in [-0.2, -0.15) is 13.2 Å². The zero-order chi connectivity index (χ0) is 23.7. The molecule has 0 radical (unpaired) electrons. The average molecular weight is 472 g/mol. The number of amides is 1. The van der Waals surface area contributed by atoms with Crippen molar-refractivity contribution in [1.82, 2.24) is 14.9 Å². The smallest absolute Gasteiger partial charge is 0.416 e. The summed E-state index contributed by atoms with van der Waals surface area (Å²) in [7, 11) is 0. The molecule has 1 amide bonds. The van der Waals surface area contributed by atoms with E-state index in [1.54, 1.807) is 18.2 Å². The van der Waals surface area contributed by atoms with Crippen LogP contribution in [0.5, 0.6) is 5.75 Å². The lowest BCUT2D eigenvalue weighted by Gasteiger charge is -2.26. The molecular weight excluding hydrogens is 449 g/mol. The maximum atomic E-state index is 13.1. The summed E-state index contributed by atoms with van der Waals surface area (Å²) in [5, 5.41) is 3.21. The third-order valence-electron chi connectivity index (χ3n) is 6.12. The number of fused-ring (bicyclic) bond motifs is 2. The Hall–Kier alpha value is -3.24. The van der Waals surface area contributed by atoms with Crippen molar-refractivity contribution in [1.29, 1.82) is 0 Å². The summed E-state index contributed by atoms with van der Waals surface area (Å²) in [5.74, 6) is -0.578. The van der Waals surface area contributed by atoms with Gasteiger partial charge < -0.3 is 14.8 Å². The number of anilines is 1. The lowest BCUT2D eigenvalue weighted by atomic mass is 9.93. The van der Waals surface area contributed by atoms with E-state index in [0.29, 0.717) is 34.5 Å². The fraction of sp³-hybridized carbons (Fsp3) is 0.375. The second-order valence-electron chi connectivity index (χ2n) is 8.32. The molecule has 0 aliphatic carbocycles. The number of rotatable bonds is 6. The first-order valence-electron chi connectivity index (χ1n) is 11.1. The van der Waals surface area contributed by atoms with Crippen molar-refractivity contribution >= 4 is 22.5 Å². The van der Waals surface area contributed by atoms with Crippen LogP contribution >= 0.6 is 0 Å². The Morgan fingerprint density at radius 1 is 1.12 bits per heavy atom. The molecule has 3 heterocycles. The highest BCUT2D eigenvalue weighted by molar-refractivity contribution is 6.06. The highest BCUT2D eigenvalue weighted by Gasteiger charge is 2.37. The van der Waals surface area contributed by atoms with Gasteiger partial charge in [-0.05, 0) is 36.2 Å². The van der Waals surface area contributed by atoms with Gasteiger partial charge in [0.2, 0.25) is 5.91 Å². The van der Waals surface area contributed by atoms with E-state index >= 15 is 0 Å². The molecule has 1 saturated heterocycles. The first-order chi connectivity index (χ1) is 16.4. The fourth-order valence-electron chi connectivity index (χ4n) is 4.39. The van der Waals surface area contributed by atoms with Crippen molar-refractivity contribution in [2.45, 2.75) is 18.5 Å². The molecule has 7 nitrogen and oxygen atoms in total. The standard InChI is InChI=1S/C24H23F3N4O3/c25-24(26,27)15-2-4-17-20(12-15)30-23(32)21(17)22-18-5-3-16(13-19(18)28-14-29-22)34-9-1-6-31-7-10-33-11-8-31/h2-5,12-14,21H,1,6-11H2,(H,30,32). The number of carbonyl (C=O) groups excluding carboxylic acids is 1. The number of nitrogens with one attached hydrogen (secondary N) is 1. The van der Waals surface area contributed by atoms with Crippen molar-refractivity contribution in [3.05, 3.63) is 59.5 Å². The molecular formula is C24H23F3N4O3. The van der Waals surface area contributed by atoms with Gasteiger partial charge in [-0.25, -0.2) is 9.97 Å². The molecule has 2 aliphatic rings. The van der Waals surface area contributed by atoms with E-state index in [9.17, 15) is 18.0 Å². The third-order valence-corrected chi connectivity index (χ3v) is 6.12. The van der Waals surface area contributed by atoms with Crippen LogP contribution in [0.2, 0.25) is 0 Å². The average Bonchev–Trinajstić information content (AvgIpc) is 3.16. The van der Waals surface area contributed by atoms with Crippen molar-refractivity contribution in [3.63, 3.8) is 0 Å². The Labute approximate surface area is 193 Å². The maximum Gasteiger partial charge on any atom is 0.416 e. The highest BCUT2D eigenvalue weighted by Crippen LogP contribution is 2.41. The normalized spacial score (nSPS) is 18.7. The van der Waals surface area contributed by atoms with Crippen LogP contribution in [0.4, 0.5) is 18.9 Å². The summed E-state index contributed by atoms with van der Waals surface area (Å²) in [6, 6.07) is 8.65. The summed E-state index contributed by atoms with van der Waals surface area (Å²) in [4.78, 5) is 23.7. The summed E-state index contributed by atoms with van der Waals surface area (Å²) in [6.07, 6.45) is -2.25. The van der Waals surface area contributed by atoms with Gasteiger partial charge in [0.15, 0.2) is 0 Å². The quantitative estimate of drug-likeness (QED) is 0.550. The Balaban J connectivity index is 1.33. The van der Waals surface area contributed by atoms with Crippen LogP contribution in [0.1, 0.15) is 29.2 Å². The largest absolute Gasteiger partial charge is 0.493 e. The summed E-state index contributed by atoms with van der Waals surface area (Å²) >= 11 is 0. The zero-order valence-corrected chi connectivity index (χ0v) is 18.3. The molecule has 178 valence electrons. The number of hydrogen-bond acceptors (Lipinski definition) is 6. The van der Waals surface area contributed by atoms with Gasteiger partial charge in [-0.3, -0.25) is 9.69 Å². The van der Waals surface area contributed by atoms with Gasteiger partial charge in [-0.1, -0.05) is 6.07 Å². The summed E-state index contributed by atoms with van der Waals surface area (Å²) in [5.41, 5.74) is 0.845. The predicted octanol–water partition coefficient (Wildman–Crippen LogP) is 3.83. The van der Waals surface area contributed by atoms with Crippen LogP contribution in [0.25, 0.3) is 10.9 Å². The van der Waals surface area contributed by atoms with Crippen LogP contribution in [-0.2, 0) is 15.7 Å². The molecule has 34 heavy (non-hydrogen) atoms. The van der Waals surface area contributed by atoms with E-state index in [1.807, 2.05) is 0 Å². The molecule has 1 fully saturated rings. The monoisotopic (exact) mass is 472 g/mol. The molecule has 0 spiro atoms. The van der Waals surface area contributed by atoms with Gasteiger partial charge in [-0.15, -0.1) is 0 Å². The minimum Gasteiger partial charge on any atom is -0.493 e. The van der Waals surface area contributed by atoms with Gasteiger partial charge in [0.25, 0.3) is 0 Å². The molecule has 1 atom stereocenters.